The zero-order valence-corrected chi connectivity index (χ0v) is 13.4. The van der Waals surface area contributed by atoms with E-state index in [0.717, 1.165) is 22.6 Å². The monoisotopic (exact) mass is 334 g/mol. The van der Waals surface area contributed by atoms with Crippen LogP contribution in [0, 0.1) is 0 Å². The van der Waals surface area contributed by atoms with Gasteiger partial charge in [0, 0.05) is 29.8 Å². The predicted molar refractivity (Wildman–Crippen MR) is 87.4 cm³/mol. The van der Waals surface area contributed by atoms with E-state index in [0.29, 0.717) is 24.4 Å². The second kappa shape index (κ2) is 6.89. The molecule has 1 amide bonds. The summed E-state index contributed by atoms with van der Waals surface area (Å²) in [6.07, 6.45) is 3.36. The zero-order chi connectivity index (χ0) is 15.4. The van der Waals surface area contributed by atoms with E-state index < -0.39 is 0 Å². The number of nitrogens with zero attached hydrogens (tertiary/aromatic N) is 3. The lowest BCUT2D eigenvalue weighted by molar-refractivity contribution is -0.121. The Morgan fingerprint density at radius 3 is 3.05 bits per heavy atom. The number of rotatable bonds is 6. The number of thiazole rings is 1. The molecule has 7 heteroatoms. The normalized spacial score (nSPS) is 11.0. The third-order valence-electron chi connectivity index (χ3n) is 3.37. The molecule has 0 fully saturated rings. The summed E-state index contributed by atoms with van der Waals surface area (Å²) in [6.45, 7) is 0.590. The molecule has 3 rings (SSSR count). The quantitative estimate of drug-likeness (QED) is 0.754. The molecule has 0 saturated heterocycles. The Labute approximate surface area is 136 Å². The van der Waals surface area contributed by atoms with Crippen molar-refractivity contribution in [2.75, 3.05) is 6.54 Å². The number of hydrogen-bond donors (Lipinski definition) is 1. The highest BCUT2D eigenvalue weighted by atomic mass is 35.5. The van der Waals surface area contributed by atoms with Crippen LogP contribution >= 0.6 is 22.9 Å². The molecule has 1 aromatic carbocycles. The van der Waals surface area contributed by atoms with Crippen LogP contribution in [0.3, 0.4) is 0 Å². The van der Waals surface area contributed by atoms with Gasteiger partial charge in [0.2, 0.25) is 10.9 Å². The third kappa shape index (κ3) is 3.45. The molecule has 22 heavy (non-hydrogen) atoms. The Hall–Kier alpha value is -1.92. The molecule has 0 saturated carbocycles. The summed E-state index contributed by atoms with van der Waals surface area (Å²) in [4.78, 5) is 16.9. The molecule has 2 aromatic heterocycles. The highest BCUT2D eigenvalue weighted by Crippen LogP contribution is 2.16. The van der Waals surface area contributed by atoms with Crippen LogP contribution in [0.5, 0.6) is 0 Å². The molecule has 0 bridgehead atoms. The Balaban J connectivity index is 1.45. The van der Waals surface area contributed by atoms with Crippen LogP contribution in [0.15, 0.2) is 36.0 Å². The number of carbonyl (C=O) groups excluding carboxylic acids is 1. The summed E-state index contributed by atoms with van der Waals surface area (Å²) in [5.74, 6) is 0.0324. The van der Waals surface area contributed by atoms with Gasteiger partial charge >= 0.3 is 0 Å². The fraction of sp³-hybridized carbons (Fsp3) is 0.267. The maximum Gasteiger partial charge on any atom is 0.220 e. The minimum Gasteiger partial charge on any atom is -0.356 e. The number of amides is 1. The Morgan fingerprint density at radius 2 is 2.18 bits per heavy atom. The molecule has 0 radical (unpaired) electrons. The average molecular weight is 335 g/mol. The summed E-state index contributed by atoms with van der Waals surface area (Å²) in [7, 11) is 0. The van der Waals surface area contributed by atoms with Crippen molar-refractivity contribution in [1.82, 2.24) is 19.9 Å². The first kappa shape index (κ1) is 15.0. The first-order chi connectivity index (χ1) is 10.7. The summed E-state index contributed by atoms with van der Waals surface area (Å²) in [5.41, 5.74) is 2.06. The lowest BCUT2D eigenvalue weighted by Crippen LogP contribution is -2.26. The van der Waals surface area contributed by atoms with Gasteiger partial charge in [-0.15, -0.1) is 11.3 Å². The second-order valence-corrected chi connectivity index (χ2v) is 6.12. The van der Waals surface area contributed by atoms with Crippen molar-refractivity contribution in [3.63, 3.8) is 0 Å². The number of fused-ring (bicyclic) bond motifs is 1. The SMILES string of the molecule is O=C(CCc1ccccc1Cl)NCCc1csc2ncnn12. The second-order valence-electron chi connectivity index (χ2n) is 4.87. The number of nitrogens with one attached hydrogen (secondary N) is 1. The van der Waals surface area contributed by atoms with Gasteiger partial charge in [-0.2, -0.15) is 5.10 Å². The predicted octanol–water partition coefficient (Wildman–Crippen LogP) is 2.74. The van der Waals surface area contributed by atoms with Crippen molar-refractivity contribution in [2.24, 2.45) is 0 Å². The molecule has 5 nitrogen and oxygen atoms in total. The van der Waals surface area contributed by atoms with Crippen molar-refractivity contribution in [3.8, 4) is 0 Å². The van der Waals surface area contributed by atoms with Crippen molar-refractivity contribution in [2.45, 2.75) is 19.3 Å². The van der Waals surface area contributed by atoms with Crippen LogP contribution in [0.1, 0.15) is 17.7 Å². The maximum atomic E-state index is 11.9. The molecule has 0 aliphatic heterocycles. The summed E-state index contributed by atoms with van der Waals surface area (Å²) < 4.78 is 1.81. The van der Waals surface area contributed by atoms with Crippen LogP contribution in [0.2, 0.25) is 5.02 Å². The Kier molecular flexibility index (Phi) is 4.70. The molecule has 0 unspecified atom stereocenters. The maximum absolute atomic E-state index is 11.9. The van der Waals surface area contributed by atoms with Crippen LogP contribution in [-0.2, 0) is 17.6 Å². The van der Waals surface area contributed by atoms with Gasteiger partial charge in [0.1, 0.15) is 6.33 Å². The number of carbonyl (C=O) groups is 1. The van der Waals surface area contributed by atoms with Gasteiger partial charge in [0.15, 0.2) is 0 Å². The molecule has 0 aliphatic rings. The smallest absolute Gasteiger partial charge is 0.220 e. The number of halogens is 1. The summed E-state index contributed by atoms with van der Waals surface area (Å²) >= 11 is 7.63. The molecule has 114 valence electrons. The largest absolute Gasteiger partial charge is 0.356 e. The van der Waals surface area contributed by atoms with Gasteiger partial charge < -0.3 is 5.32 Å². The summed E-state index contributed by atoms with van der Waals surface area (Å²) in [5, 5.41) is 9.81. The number of hydrogen-bond acceptors (Lipinski definition) is 4. The highest BCUT2D eigenvalue weighted by Gasteiger charge is 2.07. The van der Waals surface area contributed by atoms with E-state index in [9.17, 15) is 4.79 Å². The van der Waals surface area contributed by atoms with Gasteiger partial charge in [0.25, 0.3) is 0 Å². The molecule has 2 heterocycles. The first-order valence-corrected chi connectivity index (χ1v) is 8.26. The molecule has 0 aliphatic carbocycles. The number of aromatic nitrogens is 3. The van der Waals surface area contributed by atoms with Crippen LogP contribution in [0.4, 0.5) is 0 Å². The Bertz CT molecular complexity index is 783. The van der Waals surface area contributed by atoms with Crippen molar-refractivity contribution in [3.05, 3.63) is 52.3 Å². The van der Waals surface area contributed by atoms with Gasteiger partial charge in [-0.25, -0.2) is 9.50 Å². The summed E-state index contributed by atoms with van der Waals surface area (Å²) in [6, 6.07) is 7.61. The topological polar surface area (TPSA) is 59.3 Å². The van der Waals surface area contributed by atoms with Crippen molar-refractivity contribution < 1.29 is 4.79 Å². The van der Waals surface area contributed by atoms with Crippen LogP contribution in [-0.4, -0.2) is 27.0 Å². The van der Waals surface area contributed by atoms with E-state index in [1.165, 1.54) is 6.33 Å². The van der Waals surface area contributed by atoms with Crippen molar-refractivity contribution in [1.29, 1.82) is 0 Å². The van der Waals surface area contributed by atoms with E-state index in [-0.39, 0.29) is 5.91 Å². The van der Waals surface area contributed by atoms with E-state index in [1.807, 2.05) is 29.6 Å². The number of benzene rings is 1. The Morgan fingerprint density at radius 1 is 1.32 bits per heavy atom. The van der Waals surface area contributed by atoms with E-state index in [4.69, 9.17) is 11.6 Å². The van der Waals surface area contributed by atoms with E-state index in [1.54, 1.807) is 15.9 Å². The minimum atomic E-state index is 0.0324. The average Bonchev–Trinajstić information content (AvgIpc) is 3.11. The minimum absolute atomic E-state index is 0.0324. The third-order valence-corrected chi connectivity index (χ3v) is 4.62. The van der Waals surface area contributed by atoms with Gasteiger partial charge in [-0.1, -0.05) is 29.8 Å². The van der Waals surface area contributed by atoms with Gasteiger partial charge in [0.05, 0.1) is 5.69 Å². The fourth-order valence-corrected chi connectivity index (χ4v) is 3.27. The molecular weight excluding hydrogens is 320 g/mol. The molecule has 0 atom stereocenters. The van der Waals surface area contributed by atoms with Gasteiger partial charge in [-0.3, -0.25) is 4.79 Å². The van der Waals surface area contributed by atoms with Crippen LogP contribution < -0.4 is 5.32 Å². The fourth-order valence-electron chi connectivity index (χ4n) is 2.21. The molecule has 0 spiro atoms. The first-order valence-electron chi connectivity index (χ1n) is 7.00. The zero-order valence-electron chi connectivity index (χ0n) is 11.8. The lowest BCUT2D eigenvalue weighted by Gasteiger charge is -2.06. The lowest BCUT2D eigenvalue weighted by atomic mass is 10.1. The molecule has 3 aromatic rings. The van der Waals surface area contributed by atoms with E-state index in [2.05, 4.69) is 15.4 Å². The molecular formula is C15H15ClN4OS. The molecule has 1 N–H and O–H groups in total. The van der Waals surface area contributed by atoms with Crippen LogP contribution in [0.25, 0.3) is 4.96 Å². The number of aryl methyl sites for hydroxylation is 1. The van der Waals surface area contributed by atoms with E-state index >= 15 is 0 Å². The van der Waals surface area contributed by atoms with Gasteiger partial charge in [-0.05, 0) is 18.1 Å². The van der Waals surface area contributed by atoms with Crippen molar-refractivity contribution >= 4 is 33.8 Å². The highest BCUT2D eigenvalue weighted by molar-refractivity contribution is 7.15. The standard InChI is InChI=1S/C15H15ClN4OS/c16-13-4-2-1-3-11(13)5-6-14(21)17-8-7-12-9-22-15-18-10-19-20(12)15/h1-4,9-10H,5-8H2,(H,17,21).